The number of aliphatic hydroxyl groups is 1. The van der Waals surface area contributed by atoms with Crippen molar-refractivity contribution in [2.75, 3.05) is 33.3 Å². The van der Waals surface area contributed by atoms with Crippen LogP contribution in [-0.4, -0.2) is 78.2 Å². The third-order valence-corrected chi connectivity index (χ3v) is 5.89. The van der Waals surface area contributed by atoms with E-state index >= 15 is 0 Å². The zero-order chi connectivity index (χ0) is 19.6. The van der Waals surface area contributed by atoms with Crippen LogP contribution in [0, 0.1) is 6.92 Å². The summed E-state index contributed by atoms with van der Waals surface area (Å²) in [6.45, 7) is 3.38. The first-order chi connectivity index (χ1) is 12.9. The quantitative estimate of drug-likeness (QED) is 0.771. The average Bonchev–Trinajstić information content (AvgIpc) is 3.03. The van der Waals surface area contributed by atoms with Gasteiger partial charge < -0.3 is 20.1 Å². The number of aliphatic hydroxyl groups excluding tert-OH is 1. The largest absolute Gasteiger partial charge is 0.484 e. The minimum Gasteiger partial charge on any atom is -0.484 e. The first-order valence-corrected chi connectivity index (χ1v) is 9.58. The lowest BCUT2D eigenvalue weighted by Gasteiger charge is -2.35. The lowest BCUT2D eigenvalue weighted by Crippen LogP contribution is -2.56. The number of carbonyl (C=O) groups excluding carboxylic acids is 2. The predicted molar refractivity (Wildman–Crippen MR) is 102 cm³/mol. The van der Waals surface area contributed by atoms with Crippen molar-refractivity contribution in [1.29, 1.82) is 0 Å². The number of halogens is 1. The molecule has 2 fully saturated rings. The van der Waals surface area contributed by atoms with Gasteiger partial charge >= 0.3 is 0 Å². The second-order valence-corrected chi connectivity index (χ2v) is 7.63. The number of piperazine rings is 1. The van der Waals surface area contributed by atoms with E-state index in [1.54, 1.807) is 30.1 Å². The molecule has 1 aromatic rings. The summed E-state index contributed by atoms with van der Waals surface area (Å²) in [4.78, 5) is 27.7. The summed E-state index contributed by atoms with van der Waals surface area (Å²) in [6, 6.07) is 4.88. The number of amides is 2. The van der Waals surface area contributed by atoms with E-state index in [1.165, 1.54) is 0 Å². The van der Waals surface area contributed by atoms with E-state index in [-0.39, 0.29) is 30.5 Å². The van der Waals surface area contributed by atoms with Gasteiger partial charge in [-0.1, -0.05) is 11.6 Å². The predicted octanol–water partition coefficient (Wildman–Crippen LogP) is 0.809. The van der Waals surface area contributed by atoms with Crippen molar-refractivity contribution in [1.82, 2.24) is 15.1 Å². The van der Waals surface area contributed by atoms with Crippen molar-refractivity contribution >= 4 is 23.4 Å². The van der Waals surface area contributed by atoms with E-state index in [1.807, 2.05) is 11.8 Å². The summed E-state index contributed by atoms with van der Waals surface area (Å²) in [5, 5.41) is 14.2. The number of nitrogens with one attached hydrogen (secondary N) is 1. The molecule has 1 aromatic carbocycles. The highest BCUT2D eigenvalue weighted by Gasteiger charge is 2.42. The van der Waals surface area contributed by atoms with E-state index in [4.69, 9.17) is 16.3 Å². The highest BCUT2D eigenvalue weighted by Crippen LogP contribution is 2.29. The molecule has 2 amide bonds. The Morgan fingerprint density at radius 1 is 1.44 bits per heavy atom. The van der Waals surface area contributed by atoms with E-state index in [9.17, 15) is 14.7 Å². The lowest BCUT2D eigenvalue weighted by molar-refractivity contribution is -0.137. The molecule has 2 N–H and O–H groups in total. The number of ether oxygens (including phenoxy) is 1. The maximum absolute atomic E-state index is 12.5. The monoisotopic (exact) mass is 395 g/mol. The minimum absolute atomic E-state index is 0.0204. The third kappa shape index (κ3) is 4.54. The van der Waals surface area contributed by atoms with Gasteiger partial charge in [0.05, 0.1) is 18.7 Å². The average molecular weight is 396 g/mol. The fourth-order valence-electron chi connectivity index (χ4n) is 3.84. The molecule has 1 aliphatic carbocycles. The first kappa shape index (κ1) is 19.9. The van der Waals surface area contributed by atoms with Crippen molar-refractivity contribution in [3.8, 4) is 5.75 Å². The number of likely N-dealkylation sites (N-methyl/N-ethyl adjacent to an activating group) is 1. The molecule has 148 valence electrons. The van der Waals surface area contributed by atoms with Gasteiger partial charge in [0.25, 0.3) is 5.91 Å². The van der Waals surface area contributed by atoms with Crippen molar-refractivity contribution in [2.45, 2.75) is 38.0 Å². The van der Waals surface area contributed by atoms with Crippen LogP contribution in [-0.2, 0) is 9.59 Å². The van der Waals surface area contributed by atoms with E-state index in [0.29, 0.717) is 30.3 Å². The molecule has 7 nitrogen and oxygen atoms in total. The van der Waals surface area contributed by atoms with Gasteiger partial charge in [-0.25, -0.2) is 0 Å². The van der Waals surface area contributed by atoms with Gasteiger partial charge in [-0.15, -0.1) is 0 Å². The van der Waals surface area contributed by atoms with Crippen molar-refractivity contribution in [2.24, 2.45) is 0 Å². The fourth-order valence-corrected chi connectivity index (χ4v) is 3.96. The Balaban J connectivity index is 1.55. The van der Waals surface area contributed by atoms with Crippen LogP contribution in [0.25, 0.3) is 0 Å². The molecule has 2 aliphatic rings. The van der Waals surface area contributed by atoms with Crippen molar-refractivity contribution < 1.29 is 19.4 Å². The number of aryl methyl sites for hydroxylation is 1. The van der Waals surface area contributed by atoms with Crippen molar-refractivity contribution in [3.05, 3.63) is 28.8 Å². The standard InChI is InChI=1S/C19H26ClN3O4/c1-12-9-13(3-4-14(12)20)27-11-18(25)22(2)15-5-6-16(19(15)26)23-8-7-21-17(24)10-23/h3-4,9,15-16,19,26H,5-8,10-11H2,1-2H3,(H,21,24)/t15-,16-,19-/m1/s1. The second kappa shape index (κ2) is 8.46. The Bertz CT molecular complexity index is 714. The molecule has 0 unspecified atom stereocenters. The molecule has 8 heteroatoms. The van der Waals surface area contributed by atoms with E-state index in [0.717, 1.165) is 18.5 Å². The summed E-state index contributed by atoms with van der Waals surface area (Å²) in [7, 11) is 1.69. The number of carbonyl (C=O) groups is 2. The fraction of sp³-hybridized carbons (Fsp3) is 0.579. The summed E-state index contributed by atoms with van der Waals surface area (Å²) in [6.07, 6.45) is 0.780. The topological polar surface area (TPSA) is 82.1 Å². The molecule has 3 rings (SSSR count). The van der Waals surface area contributed by atoms with Crippen molar-refractivity contribution in [3.63, 3.8) is 0 Å². The Kier molecular flexibility index (Phi) is 6.24. The van der Waals surface area contributed by atoms with Gasteiger partial charge in [-0.05, 0) is 43.5 Å². The van der Waals surface area contributed by atoms with Gasteiger partial charge in [-0.3, -0.25) is 14.5 Å². The zero-order valence-electron chi connectivity index (χ0n) is 15.7. The van der Waals surface area contributed by atoms with Crippen LogP contribution >= 0.6 is 11.6 Å². The Hall–Kier alpha value is -1.83. The SMILES string of the molecule is Cc1cc(OCC(=O)N(C)[C@@H]2CC[C@@H](N3CCNC(=O)C3)[C@@H]2O)ccc1Cl. The highest BCUT2D eigenvalue weighted by atomic mass is 35.5. The van der Waals surface area contributed by atoms with Gasteiger partial charge in [0.2, 0.25) is 5.91 Å². The molecule has 1 saturated carbocycles. The Morgan fingerprint density at radius 2 is 2.22 bits per heavy atom. The van der Waals surface area contributed by atoms with Gasteiger partial charge in [0, 0.05) is 31.2 Å². The number of hydrogen-bond acceptors (Lipinski definition) is 5. The van der Waals surface area contributed by atoms with E-state index in [2.05, 4.69) is 5.32 Å². The van der Waals surface area contributed by atoms with Crippen LogP contribution in [0.5, 0.6) is 5.75 Å². The first-order valence-electron chi connectivity index (χ1n) is 9.20. The Morgan fingerprint density at radius 3 is 2.93 bits per heavy atom. The van der Waals surface area contributed by atoms with Crippen LogP contribution in [0.3, 0.4) is 0 Å². The maximum Gasteiger partial charge on any atom is 0.260 e. The van der Waals surface area contributed by atoms with Crippen LogP contribution in [0.2, 0.25) is 5.02 Å². The molecule has 1 saturated heterocycles. The number of hydrogen-bond donors (Lipinski definition) is 2. The van der Waals surface area contributed by atoms with Crippen LogP contribution in [0.1, 0.15) is 18.4 Å². The zero-order valence-corrected chi connectivity index (χ0v) is 16.4. The number of nitrogens with zero attached hydrogens (tertiary/aromatic N) is 2. The summed E-state index contributed by atoms with van der Waals surface area (Å²) in [5.41, 5.74) is 0.884. The lowest BCUT2D eigenvalue weighted by atomic mass is 10.1. The molecule has 0 aromatic heterocycles. The van der Waals surface area contributed by atoms with Gasteiger partial charge in [0.15, 0.2) is 6.61 Å². The molecule has 1 aliphatic heterocycles. The highest BCUT2D eigenvalue weighted by molar-refractivity contribution is 6.31. The number of benzene rings is 1. The Labute approximate surface area is 164 Å². The summed E-state index contributed by atoms with van der Waals surface area (Å²) >= 11 is 6.00. The second-order valence-electron chi connectivity index (χ2n) is 7.23. The summed E-state index contributed by atoms with van der Waals surface area (Å²) in [5.74, 6) is 0.375. The molecule has 1 heterocycles. The van der Waals surface area contributed by atoms with Crippen LogP contribution in [0.4, 0.5) is 0 Å². The summed E-state index contributed by atoms with van der Waals surface area (Å²) < 4.78 is 5.58. The smallest absolute Gasteiger partial charge is 0.260 e. The van der Waals surface area contributed by atoms with Gasteiger partial charge in [0.1, 0.15) is 5.75 Å². The number of rotatable bonds is 5. The van der Waals surface area contributed by atoms with E-state index < -0.39 is 6.10 Å². The maximum atomic E-state index is 12.5. The van der Waals surface area contributed by atoms with Gasteiger partial charge in [-0.2, -0.15) is 0 Å². The molecule has 0 radical (unpaired) electrons. The molecule has 0 bridgehead atoms. The minimum atomic E-state index is -0.678. The molecule has 0 spiro atoms. The molecule has 27 heavy (non-hydrogen) atoms. The normalized spacial score (nSPS) is 25.9. The van der Waals surface area contributed by atoms with Crippen LogP contribution in [0.15, 0.2) is 18.2 Å². The molecule has 3 atom stereocenters. The third-order valence-electron chi connectivity index (χ3n) is 5.47. The molecular formula is C19H26ClN3O4. The van der Waals surface area contributed by atoms with Crippen LogP contribution < -0.4 is 10.1 Å². The molecular weight excluding hydrogens is 370 g/mol.